The fraction of sp³-hybridized carbons (Fsp3) is 0.333. The zero-order valence-electron chi connectivity index (χ0n) is 15.8. The molecule has 4 N–H and O–H groups in total. The highest BCUT2D eigenvalue weighted by Gasteiger charge is 2.32. The highest BCUT2D eigenvalue weighted by Crippen LogP contribution is 2.39. The maximum atomic E-state index is 12.9. The van der Waals surface area contributed by atoms with Gasteiger partial charge in [0.05, 0.1) is 17.8 Å². The van der Waals surface area contributed by atoms with Crippen LogP contribution in [0.25, 0.3) is 22.0 Å². The molecule has 1 aromatic heterocycles. The number of aliphatic hydroxyl groups is 2. The normalized spacial score (nSPS) is 22.2. The van der Waals surface area contributed by atoms with E-state index in [1.807, 2.05) is 0 Å². The second-order valence-electron chi connectivity index (χ2n) is 7.46. The summed E-state index contributed by atoms with van der Waals surface area (Å²) in [5.74, 6) is -0.0660. The van der Waals surface area contributed by atoms with Gasteiger partial charge in [0.15, 0.2) is 5.82 Å². The molecule has 0 spiro atoms. The number of phenolic OH excluding ortho intramolecular Hbond substituents is 1. The van der Waals surface area contributed by atoms with Gasteiger partial charge in [-0.25, -0.2) is 0 Å². The Morgan fingerprint density at radius 1 is 0.933 bits per heavy atom. The Morgan fingerprint density at radius 3 is 2.33 bits per heavy atom. The summed E-state index contributed by atoms with van der Waals surface area (Å²) < 4.78 is 38.7. The molecule has 1 heterocycles. The summed E-state index contributed by atoms with van der Waals surface area (Å²) in [5, 5.41) is 42.7. The van der Waals surface area contributed by atoms with E-state index in [2.05, 4.69) is 15.5 Å². The van der Waals surface area contributed by atoms with Crippen molar-refractivity contribution in [3.8, 4) is 17.0 Å². The van der Waals surface area contributed by atoms with Crippen LogP contribution in [0.3, 0.4) is 0 Å². The molecule has 9 heteroatoms. The van der Waals surface area contributed by atoms with Crippen LogP contribution in [0.15, 0.2) is 42.5 Å². The van der Waals surface area contributed by atoms with Crippen LogP contribution in [0, 0.1) is 0 Å². The predicted octanol–water partition coefficient (Wildman–Crippen LogP) is 3.71. The van der Waals surface area contributed by atoms with E-state index < -0.39 is 29.7 Å². The Labute approximate surface area is 170 Å². The predicted molar refractivity (Wildman–Crippen MR) is 105 cm³/mol. The third-order valence-electron chi connectivity index (χ3n) is 5.39. The van der Waals surface area contributed by atoms with Crippen molar-refractivity contribution in [2.75, 3.05) is 5.32 Å². The first-order valence-corrected chi connectivity index (χ1v) is 9.52. The summed E-state index contributed by atoms with van der Waals surface area (Å²) in [6.45, 7) is 0. The summed E-state index contributed by atoms with van der Waals surface area (Å²) in [7, 11) is 0. The van der Waals surface area contributed by atoms with E-state index in [1.165, 1.54) is 6.07 Å². The molecule has 1 aliphatic carbocycles. The SMILES string of the molecule is Oc1cc(C(F)(F)F)ccc1-c1nnc(N[C@H]2CC[C@H](O)[C@@H](O)C2)c2ccccc12. The number of aliphatic hydroxyl groups excluding tert-OH is 2. The Morgan fingerprint density at radius 2 is 1.67 bits per heavy atom. The van der Waals surface area contributed by atoms with Gasteiger partial charge in [-0.05, 0) is 37.5 Å². The van der Waals surface area contributed by atoms with Crippen molar-refractivity contribution in [2.45, 2.75) is 43.7 Å². The second-order valence-corrected chi connectivity index (χ2v) is 7.46. The monoisotopic (exact) mass is 419 g/mol. The molecule has 0 bridgehead atoms. The summed E-state index contributed by atoms with van der Waals surface area (Å²) in [5.41, 5.74) is -0.534. The molecule has 3 aromatic rings. The van der Waals surface area contributed by atoms with Gasteiger partial charge in [-0.2, -0.15) is 13.2 Å². The van der Waals surface area contributed by atoms with Gasteiger partial charge in [-0.3, -0.25) is 0 Å². The first-order chi connectivity index (χ1) is 14.2. The van der Waals surface area contributed by atoms with E-state index >= 15 is 0 Å². The van der Waals surface area contributed by atoms with E-state index in [0.717, 1.165) is 6.07 Å². The van der Waals surface area contributed by atoms with E-state index in [9.17, 15) is 28.5 Å². The van der Waals surface area contributed by atoms with Crippen LogP contribution in [0.1, 0.15) is 24.8 Å². The molecule has 0 aliphatic heterocycles. The summed E-state index contributed by atoms with van der Waals surface area (Å²) in [4.78, 5) is 0. The molecule has 0 amide bonds. The maximum Gasteiger partial charge on any atom is 0.416 e. The zero-order valence-corrected chi connectivity index (χ0v) is 15.8. The lowest BCUT2D eigenvalue weighted by molar-refractivity contribution is -0.137. The standard InChI is InChI=1S/C21H20F3N3O3/c22-21(23,24)11-5-7-15(17(29)9-11)19-13-3-1-2-4-14(13)20(27-26-19)25-12-6-8-16(28)18(30)10-12/h1-5,7,9,12,16,18,28-30H,6,8,10H2,(H,25,27)/t12-,16-,18-/m0/s1. The third-order valence-corrected chi connectivity index (χ3v) is 5.39. The largest absolute Gasteiger partial charge is 0.507 e. The summed E-state index contributed by atoms with van der Waals surface area (Å²) in [6.07, 6.45) is -4.65. The molecule has 1 fully saturated rings. The number of anilines is 1. The lowest BCUT2D eigenvalue weighted by atomic mass is 9.90. The Hall–Kier alpha value is -2.91. The zero-order chi connectivity index (χ0) is 21.5. The minimum Gasteiger partial charge on any atom is -0.507 e. The smallest absolute Gasteiger partial charge is 0.416 e. The van der Waals surface area contributed by atoms with Crippen LogP contribution in [-0.2, 0) is 6.18 Å². The number of nitrogens with zero attached hydrogens (tertiary/aromatic N) is 2. The van der Waals surface area contributed by atoms with Gasteiger partial charge in [0, 0.05) is 22.4 Å². The minimum absolute atomic E-state index is 0.105. The molecular weight excluding hydrogens is 399 g/mol. The van der Waals surface area contributed by atoms with Crippen LogP contribution < -0.4 is 5.32 Å². The molecule has 0 unspecified atom stereocenters. The van der Waals surface area contributed by atoms with E-state index in [-0.39, 0.29) is 17.3 Å². The van der Waals surface area contributed by atoms with Crippen molar-refractivity contribution in [3.63, 3.8) is 0 Å². The first-order valence-electron chi connectivity index (χ1n) is 9.52. The Balaban J connectivity index is 1.71. The number of aromatic nitrogens is 2. The van der Waals surface area contributed by atoms with Crippen molar-refractivity contribution in [1.82, 2.24) is 10.2 Å². The number of benzene rings is 2. The molecule has 3 atom stereocenters. The molecule has 1 aliphatic rings. The third kappa shape index (κ3) is 3.90. The van der Waals surface area contributed by atoms with Gasteiger partial charge >= 0.3 is 6.18 Å². The molecule has 0 radical (unpaired) electrons. The van der Waals surface area contributed by atoms with Gasteiger partial charge in [0.2, 0.25) is 0 Å². The van der Waals surface area contributed by atoms with E-state index in [1.54, 1.807) is 24.3 Å². The Kier molecular flexibility index (Phi) is 5.25. The van der Waals surface area contributed by atoms with Gasteiger partial charge in [-0.15, -0.1) is 10.2 Å². The number of hydrogen-bond acceptors (Lipinski definition) is 6. The number of rotatable bonds is 3. The number of alkyl halides is 3. The summed E-state index contributed by atoms with van der Waals surface area (Å²) >= 11 is 0. The minimum atomic E-state index is -4.56. The number of hydrogen-bond donors (Lipinski definition) is 4. The maximum absolute atomic E-state index is 12.9. The van der Waals surface area contributed by atoms with Crippen molar-refractivity contribution in [1.29, 1.82) is 0 Å². The molecule has 158 valence electrons. The van der Waals surface area contributed by atoms with Crippen molar-refractivity contribution in [3.05, 3.63) is 48.0 Å². The van der Waals surface area contributed by atoms with E-state index in [0.29, 0.717) is 41.9 Å². The highest BCUT2D eigenvalue weighted by molar-refractivity contribution is 6.00. The number of halogens is 3. The fourth-order valence-corrected chi connectivity index (χ4v) is 3.77. The van der Waals surface area contributed by atoms with Crippen molar-refractivity contribution < 1.29 is 28.5 Å². The molecule has 0 saturated heterocycles. The number of aromatic hydroxyl groups is 1. The van der Waals surface area contributed by atoms with Crippen LogP contribution in [0.4, 0.5) is 19.0 Å². The van der Waals surface area contributed by atoms with Crippen LogP contribution in [0.5, 0.6) is 5.75 Å². The van der Waals surface area contributed by atoms with Crippen LogP contribution >= 0.6 is 0 Å². The van der Waals surface area contributed by atoms with Gasteiger partial charge in [0.25, 0.3) is 0 Å². The van der Waals surface area contributed by atoms with E-state index in [4.69, 9.17) is 0 Å². The average Bonchev–Trinajstić information content (AvgIpc) is 2.70. The Bertz CT molecular complexity index is 1070. The molecular formula is C21H20F3N3O3. The van der Waals surface area contributed by atoms with Crippen LogP contribution in [-0.4, -0.2) is 43.8 Å². The fourth-order valence-electron chi connectivity index (χ4n) is 3.77. The number of fused-ring (bicyclic) bond motifs is 1. The topological polar surface area (TPSA) is 98.5 Å². The van der Waals surface area contributed by atoms with Gasteiger partial charge in [-0.1, -0.05) is 24.3 Å². The molecule has 1 saturated carbocycles. The second kappa shape index (κ2) is 7.73. The lowest BCUT2D eigenvalue weighted by Crippen LogP contribution is -2.39. The highest BCUT2D eigenvalue weighted by atomic mass is 19.4. The van der Waals surface area contributed by atoms with Gasteiger partial charge in [0.1, 0.15) is 11.4 Å². The average molecular weight is 419 g/mol. The molecule has 30 heavy (non-hydrogen) atoms. The quantitative estimate of drug-likeness (QED) is 0.517. The van der Waals surface area contributed by atoms with Crippen molar-refractivity contribution >= 4 is 16.6 Å². The number of phenols is 1. The van der Waals surface area contributed by atoms with Crippen molar-refractivity contribution in [2.24, 2.45) is 0 Å². The molecule has 6 nitrogen and oxygen atoms in total. The molecule has 4 rings (SSSR count). The molecule has 2 aromatic carbocycles. The van der Waals surface area contributed by atoms with Crippen LogP contribution in [0.2, 0.25) is 0 Å². The summed E-state index contributed by atoms with van der Waals surface area (Å²) in [6, 6.07) is 9.75. The first kappa shape index (κ1) is 20.4. The lowest BCUT2D eigenvalue weighted by Gasteiger charge is -2.31. The van der Waals surface area contributed by atoms with Gasteiger partial charge < -0.3 is 20.6 Å². The number of nitrogens with one attached hydrogen (secondary N) is 1.